The first-order valence-corrected chi connectivity index (χ1v) is 11.0. The maximum Gasteiger partial charge on any atom is 0.317 e. The Morgan fingerprint density at radius 3 is 2.61 bits per heavy atom. The van der Waals surface area contributed by atoms with Crippen molar-refractivity contribution in [2.75, 3.05) is 39.2 Å². The van der Waals surface area contributed by atoms with Gasteiger partial charge in [-0.15, -0.1) is 0 Å². The number of hydrogen-bond acceptors (Lipinski definition) is 2. The second-order valence-electron chi connectivity index (χ2n) is 8.18. The van der Waals surface area contributed by atoms with Crippen molar-refractivity contribution in [1.29, 1.82) is 0 Å². The molecule has 1 N–H and O–H groups in total. The molecule has 0 atom stereocenters. The highest BCUT2D eigenvalue weighted by Crippen LogP contribution is 2.36. The lowest BCUT2D eigenvalue weighted by molar-refractivity contribution is 0.181. The van der Waals surface area contributed by atoms with Gasteiger partial charge in [-0.05, 0) is 79.9 Å². The van der Waals surface area contributed by atoms with E-state index in [1.165, 1.54) is 22.6 Å². The first-order chi connectivity index (χ1) is 15.8. The first kappa shape index (κ1) is 18.0. The second-order valence-corrected chi connectivity index (χ2v) is 8.61. The van der Waals surface area contributed by atoms with Gasteiger partial charge in [0.2, 0.25) is 0 Å². The van der Waals surface area contributed by atoms with Gasteiger partial charge < -0.3 is 19.7 Å². The van der Waals surface area contributed by atoms with Crippen LogP contribution in [0.25, 0.3) is 16.6 Å². The number of carbonyl (C=O) groups is 1. The number of nitrogens with zero attached hydrogens (tertiary/aromatic N) is 3. The van der Waals surface area contributed by atoms with E-state index in [1.807, 2.05) is 18.2 Å². The number of halogens is 2. The minimum Gasteiger partial charge on any atom is -0.336 e. The molecule has 0 spiro atoms. The molecule has 1 aromatic heterocycles. The lowest BCUT2D eigenvalue weighted by Crippen LogP contribution is -2.40. The number of rotatable bonds is 5. The Kier molecular flexibility index (Phi) is 4.96. The number of likely N-dealkylation sites (tertiary alicyclic amines) is 1. The zero-order chi connectivity index (χ0) is 23.2. The molecule has 0 radical (unpaired) electrons. The minimum atomic E-state index is -1.63. The van der Waals surface area contributed by atoms with Crippen molar-refractivity contribution in [3.05, 3.63) is 65.1 Å². The molecular formula is C24H26ClFN4O. The summed E-state index contributed by atoms with van der Waals surface area (Å²) in [4.78, 5) is 15.5. The zero-order valence-corrected chi connectivity index (χ0v) is 17.9. The molecule has 0 aliphatic carbocycles. The number of benzene rings is 2. The van der Waals surface area contributed by atoms with Gasteiger partial charge in [0.15, 0.2) is 0 Å². The highest BCUT2D eigenvalue weighted by molar-refractivity contribution is 6.31. The fraction of sp³-hybridized carbons (Fsp3) is 0.375. The van der Waals surface area contributed by atoms with Crippen LogP contribution in [-0.2, 0) is 0 Å². The van der Waals surface area contributed by atoms with Crippen LogP contribution in [0.4, 0.5) is 9.18 Å². The summed E-state index contributed by atoms with van der Waals surface area (Å²) in [6, 6.07) is 12.1. The van der Waals surface area contributed by atoms with E-state index in [1.54, 1.807) is 12.1 Å². The SMILES string of the molecule is [2H]C1([2H])CNC(=O)N1CCN1CCC(c2cn(-c3ccc(F)cc3)c3ccc(Cl)cc23)CC1. The minimum absolute atomic E-state index is 0.0363. The van der Waals surface area contributed by atoms with Gasteiger partial charge in [-0.1, -0.05) is 11.6 Å². The number of piperidine rings is 1. The summed E-state index contributed by atoms with van der Waals surface area (Å²) in [5, 5.41) is 4.38. The zero-order valence-electron chi connectivity index (χ0n) is 19.2. The van der Waals surface area contributed by atoms with Crippen molar-refractivity contribution < 1.29 is 11.9 Å². The fourth-order valence-corrected chi connectivity index (χ4v) is 4.81. The molecule has 162 valence electrons. The molecular weight excluding hydrogens is 415 g/mol. The first-order valence-electron chi connectivity index (χ1n) is 11.7. The van der Waals surface area contributed by atoms with Gasteiger partial charge in [0.05, 0.1) is 8.26 Å². The summed E-state index contributed by atoms with van der Waals surface area (Å²) in [5.74, 6) is 0.107. The van der Waals surface area contributed by atoms with E-state index in [9.17, 15) is 9.18 Å². The molecule has 5 nitrogen and oxygen atoms in total. The summed E-state index contributed by atoms with van der Waals surface area (Å²) in [7, 11) is 0. The Balaban J connectivity index is 1.32. The van der Waals surface area contributed by atoms with Gasteiger partial charge in [0.25, 0.3) is 0 Å². The topological polar surface area (TPSA) is 40.5 Å². The van der Waals surface area contributed by atoms with Gasteiger partial charge in [-0.3, -0.25) is 0 Å². The lowest BCUT2D eigenvalue weighted by Gasteiger charge is -2.32. The molecule has 0 bridgehead atoms. The summed E-state index contributed by atoms with van der Waals surface area (Å²) in [6.07, 6.45) is 4.08. The fourth-order valence-electron chi connectivity index (χ4n) is 4.64. The van der Waals surface area contributed by atoms with Crippen LogP contribution < -0.4 is 5.32 Å². The van der Waals surface area contributed by atoms with Crippen LogP contribution >= 0.6 is 11.6 Å². The van der Waals surface area contributed by atoms with E-state index >= 15 is 0 Å². The molecule has 0 saturated carbocycles. The molecule has 7 heteroatoms. The van der Waals surface area contributed by atoms with Crippen LogP contribution in [0.1, 0.15) is 27.1 Å². The molecule has 5 rings (SSSR count). The van der Waals surface area contributed by atoms with Crippen LogP contribution in [0.15, 0.2) is 48.7 Å². The molecule has 3 heterocycles. The van der Waals surface area contributed by atoms with Crippen molar-refractivity contribution in [2.45, 2.75) is 18.8 Å². The van der Waals surface area contributed by atoms with Gasteiger partial charge in [0, 0.05) is 48.4 Å². The normalized spacial score (nSPS) is 20.7. The summed E-state index contributed by atoms with van der Waals surface area (Å²) in [6.45, 7) is 1.21. The Morgan fingerprint density at radius 2 is 1.90 bits per heavy atom. The van der Waals surface area contributed by atoms with Gasteiger partial charge in [0.1, 0.15) is 5.82 Å². The predicted octanol–water partition coefficient (Wildman–Crippen LogP) is 4.63. The molecule has 2 saturated heterocycles. The van der Waals surface area contributed by atoms with E-state index in [4.69, 9.17) is 14.3 Å². The Hall–Kier alpha value is -2.57. The third-order valence-electron chi connectivity index (χ3n) is 6.32. The standard InChI is InChI=1S/C24H26ClFN4O/c25-18-1-6-23-21(15-18)22(16-30(23)20-4-2-19(26)3-5-20)17-7-10-28(11-8-17)13-14-29-12-9-27-24(29)31/h1-6,15-17H,7-14H2,(H,27,31)/i12D2. The number of hydrogen-bond donors (Lipinski definition) is 1. The average molecular weight is 443 g/mol. The van der Waals surface area contributed by atoms with Crippen molar-refractivity contribution in [3.8, 4) is 5.69 Å². The van der Waals surface area contributed by atoms with E-state index in [0.717, 1.165) is 42.5 Å². The molecule has 2 amide bonds. The van der Waals surface area contributed by atoms with Gasteiger partial charge in [-0.2, -0.15) is 0 Å². The van der Waals surface area contributed by atoms with Gasteiger partial charge >= 0.3 is 6.03 Å². The Labute approximate surface area is 189 Å². The quantitative estimate of drug-likeness (QED) is 0.626. The van der Waals surface area contributed by atoms with E-state index in [-0.39, 0.29) is 18.4 Å². The largest absolute Gasteiger partial charge is 0.336 e. The molecule has 2 aromatic carbocycles. The second kappa shape index (κ2) is 8.52. The molecule has 2 aliphatic rings. The number of urea groups is 1. The van der Waals surface area contributed by atoms with Crippen LogP contribution in [0.2, 0.25) is 5.02 Å². The number of aromatic nitrogens is 1. The van der Waals surface area contributed by atoms with Crippen molar-refractivity contribution in [1.82, 2.24) is 19.7 Å². The van der Waals surface area contributed by atoms with Gasteiger partial charge in [-0.25, -0.2) is 9.18 Å². The summed E-state index contributed by atoms with van der Waals surface area (Å²) < 4.78 is 31.5. The highest BCUT2D eigenvalue weighted by atomic mass is 35.5. The average Bonchev–Trinajstić information content (AvgIpc) is 3.29. The van der Waals surface area contributed by atoms with E-state index in [2.05, 4.69) is 21.0 Å². The molecule has 0 unspecified atom stereocenters. The maximum atomic E-state index is 13.5. The summed E-state index contributed by atoms with van der Waals surface area (Å²) in [5.41, 5.74) is 3.20. The van der Waals surface area contributed by atoms with Crippen LogP contribution in [0.3, 0.4) is 0 Å². The Bertz CT molecular complexity index is 1180. The van der Waals surface area contributed by atoms with Crippen molar-refractivity contribution in [2.24, 2.45) is 0 Å². The van der Waals surface area contributed by atoms with E-state index in [0.29, 0.717) is 24.0 Å². The molecule has 2 aliphatic heterocycles. The third kappa shape index (κ3) is 4.14. The number of nitrogens with one attached hydrogen (secondary N) is 1. The highest BCUT2D eigenvalue weighted by Gasteiger charge is 2.26. The smallest absolute Gasteiger partial charge is 0.317 e. The third-order valence-corrected chi connectivity index (χ3v) is 6.56. The van der Waals surface area contributed by atoms with Crippen molar-refractivity contribution in [3.63, 3.8) is 0 Å². The van der Waals surface area contributed by atoms with Crippen molar-refractivity contribution >= 4 is 28.5 Å². The number of carbonyl (C=O) groups excluding carboxylic acids is 1. The Morgan fingerprint density at radius 1 is 1.13 bits per heavy atom. The van der Waals surface area contributed by atoms with Crippen LogP contribution in [0, 0.1) is 5.82 Å². The maximum absolute atomic E-state index is 13.5. The molecule has 31 heavy (non-hydrogen) atoms. The predicted molar refractivity (Wildman–Crippen MR) is 122 cm³/mol. The van der Waals surface area contributed by atoms with Crippen LogP contribution in [-0.4, -0.2) is 59.6 Å². The van der Waals surface area contributed by atoms with Crippen LogP contribution in [0.5, 0.6) is 0 Å². The van der Waals surface area contributed by atoms with E-state index < -0.39 is 6.50 Å². The monoisotopic (exact) mass is 442 g/mol. The summed E-state index contributed by atoms with van der Waals surface area (Å²) >= 11 is 6.33. The number of amides is 2. The lowest BCUT2D eigenvalue weighted by atomic mass is 9.89. The number of fused-ring (bicyclic) bond motifs is 1. The molecule has 2 fully saturated rings. The molecule has 3 aromatic rings.